The van der Waals surface area contributed by atoms with Crippen LogP contribution in [0.1, 0.15) is 115 Å². The summed E-state index contributed by atoms with van der Waals surface area (Å²) in [4.78, 5) is 0. The Morgan fingerprint density at radius 2 is 1.26 bits per heavy atom. The summed E-state index contributed by atoms with van der Waals surface area (Å²) in [6.45, 7) is 3.75. The normalized spacial score (nSPS) is 11.4. The van der Waals surface area contributed by atoms with Gasteiger partial charge >= 0.3 is 0 Å². The van der Waals surface area contributed by atoms with Gasteiger partial charge in [-0.15, -0.1) is 0 Å². The molecule has 0 saturated heterocycles. The van der Waals surface area contributed by atoms with Gasteiger partial charge in [-0.3, -0.25) is 0 Å². The van der Waals surface area contributed by atoms with E-state index in [4.69, 9.17) is 9.47 Å². The lowest BCUT2D eigenvalue weighted by Gasteiger charge is -2.04. The Hall–Kier alpha value is -1.48. The molecule has 0 heterocycles. The summed E-state index contributed by atoms with van der Waals surface area (Å²) < 4.78 is 10.8. The van der Waals surface area contributed by atoms with Crippen molar-refractivity contribution in [1.82, 2.24) is 0 Å². The largest absolute Gasteiger partial charge is 0.504 e. The molecule has 178 valence electrons. The average Bonchev–Trinajstić information content (AvgIpc) is 2.78. The summed E-state index contributed by atoms with van der Waals surface area (Å²) in [6, 6.07) is 5.33. The molecule has 3 heteroatoms. The molecule has 0 spiro atoms. The van der Waals surface area contributed by atoms with Gasteiger partial charge in [0.2, 0.25) is 0 Å². The first-order valence-corrected chi connectivity index (χ1v) is 12.9. The van der Waals surface area contributed by atoms with Crippen LogP contribution in [-0.2, 0) is 4.74 Å². The fourth-order valence-electron chi connectivity index (χ4n) is 3.89. The van der Waals surface area contributed by atoms with Gasteiger partial charge < -0.3 is 14.6 Å². The van der Waals surface area contributed by atoms with Gasteiger partial charge in [0, 0.05) is 6.61 Å². The number of unbranched alkanes of at least 4 members (excludes halogenated alkanes) is 15. The van der Waals surface area contributed by atoms with E-state index in [2.05, 4.69) is 6.92 Å². The summed E-state index contributed by atoms with van der Waals surface area (Å²) in [7, 11) is 1.56. The Balaban J connectivity index is 1.81. The fourth-order valence-corrected chi connectivity index (χ4v) is 3.89. The molecule has 1 aromatic rings. The van der Waals surface area contributed by atoms with Crippen molar-refractivity contribution < 1.29 is 14.6 Å². The van der Waals surface area contributed by atoms with E-state index in [0.29, 0.717) is 12.4 Å². The first-order chi connectivity index (χ1) is 15.3. The Kier molecular flexibility index (Phi) is 18.2. The van der Waals surface area contributed by atoms with Crippen molar-refractivity contribution in [2.24, 2.45) is 0 Å². The maximum absolute atomic E-state index is 9.60. The van der Waals surface area contributed by atoms with Crippen LogP contribution in [-0.4, -0.2) is 25.4 Å². The van der Waals surface area contributed by atoms with Crippen molar-refractivity contribution in [1.29, 1.82) is 0 Å². The Bertz CT molecular complexity index is 553. The molecule has 1 N–H and O–H groups in total. The molecular weight excluding hydrogens is 384 g/mol. The molecule has 0 bridgehead atoms. The van der Waals surface area contributed by atoms with Crippen LogP contribution in [0.3, 0.4) is 0 Å². The molecule has 1 rings (SSSR count). The van der Waals surface area contributed by atoms with Crippen molar-refractivity contribution in [2.75, 3.05) is 20.3 Å². The van der Waals surface area contributed by atoms with Crippen LogP contribution >= 0.6 is 0 Å². The third-order valence-electron chi connectivity index (χ3n) is 5.87. The highest BCUT2D eigenvalue weighted by atomic mass is 16.5. The van der Waals surface area contributed by atoms with Crippen LogP contribution < -0.4 is 4.74 Å². The second-order valence-corrected chi connectivity index (χ2v) is 8.71. The molecule has 0 aliphatic rings. The summed E-state index contributed by atoms with van der Waals surface area (Å²) >= 11 is 0. The minimum atomic E-state index is 0.166. The second-order valence-electron chi connectivity index (χ2n) is 8.71. The zero-order valence-corrected chi connectivity index (χ0v) is 20.4. The van der Waals surface area contributed by atoms with E-state index in [-0.39, 0.29) is 5.75 Å². The summed E-state index contributed by atoms with van der Waals surface area (Å²) in [5.74, 6) is 0.663. The van der Waals surface area contributed by atoms with Gasteiger partial charge in [0.25, 0.3) is 0 Å². The Labute approximate surface area is 192 Å². The number of ether oxygens (including phenoxy) is 2. The molecule has 0 amide bonds. The van der Waals surface area contributed by atoms with Crippen LogP contribution in [0.4, 0.5) is 0 Å². The number of benzene rings is 1. The molecule has 0 fully saturated rings. The third kappa shape index (κ3) is 15.9. The minimum absolute atomic E-state index is 0.166. The maximum atomic E-state index is 9.60. The highest BCUT2D eigenvalue weighted by Crippen LogP contribution is 2.26. The first-order valence-electron chi connectivity index (χ1n) is 12.9. The van der Waals surface area contributed by atoms with Gasteiger partial charge in [-0.2, -0.15) is 0 Å². The van der Waals surface area contributed by atoms with Crippen molar-refractivity contribution in [3.63, 3.8) is 0 Å². The standard InChI is InChI=1S/C28H48O3/c1-3-4-5-6-7-8-9-10-11-12-13-14-15-16-17-18-23-31-24-19-20-26-21-22-27(29)28(25-26)30-2/h19-22,25,29H,3-18,23-24H2,1-2H3/b20-19+. The van der Waals surface area contributed by atoms with Gasteiger partial charge in [-0.05, 0) is 24.1 Å². The topological polar surface area (TPSA) is 38.7 Å². The number of aromatic hydroxyl groups is 1. The van der Waals surface area contributed by atoms with Crippen LogP contribution in [0.25, 0.3) is 6.08 Å². The zero-order valence-electron chi connectivity index (χ0n) is 20.4. The van der Waals surface area contributed by atoms with Crippen molar-refractivity contribution in [3.05, 3.63) is 29.8 Å². The number of methoxy groups -OCH3 is 1. The SMILES string of the molecule is CCCCCCCCCCCCCCCCCCOC/C=C/c1ccc(O)c(OC)c1. The summed E-state index contributed by atoms with van der Waals surface area (Å²) in [5, 5.41) is 9.60. The van der Waals surface area contributed by atoms with E-state index in [1.807, 2.05) is 24.3 Å². The van der Waals surface area contributed by atoms with Crippen LogP contribution in [0.15, 0.2) is 24.3 Å². The van der Waals surface area contributed by atoms with Gasteiger partial charge in [0.05, 0.1) is 13.7 Å². The molecule has 0 unspecified atom stereocenters. The van der Waals surface area contributed by atoms with Crippen molar-refractivity contribution in [2.45, 2.75) is 110 Å². The van der Waals surface area contributed by atoms with E-state index in [0.717, 1.165) is 18.6 Å². The lowest BCUT2D eigenvalue weighted by atomic mass is 10.0. The lowest BCUT2D eigenvalue weighted by Crippen LogP contribution is -1.94. The van der Waals surface area contributed by atoms with Gasteiger partial charge in [0.1, 0.15) is 0 Å². The molecule has 1 aromatic carbocycles. The van der Waals surface area contributed by atoms with Crippen LogP contribution in [0.5, 0.6) is 11.5 Å². The van der Waals surface area contributed by atoms with Gasteiger partial charge in [-0.25, -0.2) is 0 Å². The summed E-state index contributed by atoms with van der Waals surface area (Å²) in [6.07, 6.45) is 26.3. The van der Waals surface area contributed by atoms with E-state index in [1.165, 1.54) is 96.3 Å². The fraction of sp³-hybridized carbons (Fsp3) is 0.714. The van der Waals surface area contributed by atoms with Gasteiger partial charge in [-0.1, -0.05) is 121 Å². The molecule has 0 aliphatic heterocycles. The first kappa shape index (κ1) is 27.6. The van der Waals surface area contributed by atoms with Crippen molar-refractivity contribution >= 4 is 6.08 Å². The average molecular weight is 433 g/mol. The van der Waals surface area contributed by atoms with Gasteiger partial charge in [0.15, 0.2) is 11.5 Å². The number of hydrogen-bond donors (Lipinski definition) is 1. The molecule has 0 aromatic heterocycles. The second kappa shape index (κ2) is 20.4. The highest BCUT2D eigenvalue weighted by molar-refractivity contribution is 5.55. The maximum Gasteiger partial charge on any atom is 0.161 e. The third-order valence-corrected chi connectivity index (χ3v) is 5.87. The molecule has 31 heavy (non-hydrogen) atoms. The quantitative estimate of drug-likeness (QED) is 0.197. The Morgan fingerprint density at radius 3 is 1.77 bits per heavy atom. The van der Waals surface area contributed by atoms with Crippen LogP contribution in [0, 0.1) is 0 Å². The molecular formula is C28H48O3. The molecule has 0 atom stereocenters. The van der Waals surface area contributed by atoms with E-state index < -0.39 is 0 Å². The zero-order chi connectivity index (χ0) is 22.4. The summed E-state index contributed by atoms with van der Waals surface area (Å²) in [5.41, 5.74) is 1.00. The molecule has 0 saturated carbocycles. The predicted octanol–water partition coefficient (Wildman–Crippen LogP) is 8.69. The van der Waals surface area contributed by atoms with Crippen molar-refractivity contribution in [3.8, 4) is 11.5 Å². The smallest absolute Gasteiger partial charge is 0.161 e. The number of phenolic OH excluding ortho intramolecular Hbond substituents is 1. The van der Waals surface area contributed by atoms with E-state index >= 15 is 0 Å². The number of hydrogen-bond acceptors (Lipinski definition) is 3. The minimum Gasteiger partial charge on any atom is -0.504 e. The highest BCUT2D eigenvalue weighted by Gasteiger charge is 2.00. The monoisotopic (exact) mass is 432 g/mol. The Morgan fingerprint density at radius 1 is 0.742 bits per heavy atom. The number of phenols is 1. The molecule has 0 aliphatic carbocycles. The van der Waals surface area contributed by atoms with Crippen LogP contribution in [0.2, 0.25) is 0 Å². The lowest BCUT2D eigenvalue weighted by molar-refractivity contribution is 0.157. The van der Waals surface area contributed by atoms with E-state index in [1.54, 1.807) is 13.2 Å². The number of rotatable bonds is 21. The molecule has 3 nitrogen and oxygen atoms in total. The predicted molar refractivity (Wildman–Crippen MR) is 134 cm³/mol. The molecule has 0 radical (unpaired) electrons. The van der Waals surface area contributed by atoms with E-state index in [9.17, 15) is 5.11 Å².